The number of rotatable bonds is 1. The largest absolute Gasteiger partial charge is 0.490 e. The van der Waals surface area contributed by atoms with Crippen LogP contribution in [-0.4, -0.2) is 30.3 Å². The first-order chi connectivity index (χ1) is 13.7. The molecule has 4 aromatic rings. The lowest BCUT2D eigenvalue weighted by Crippen LogP contribution is -2.21. The molecule has 0 saturated heterocycles. The van der Waals surface area contributed by atoms with E-state index in [1.807, 2.05) is 18.2 Å². The average Bonchev–Trinajstić information content (AvgIpc) is 2.69. The van der Waals surface area contributed by atoms with E-state index < -0.39 is 12.1 Å². The van der Waals surface area contributed by atoms with Gasteiger partial charge in [0, 0.05) is 0 Å². The zero-order chi connectivity index (χ0) is 21.2. The summed E-state index contributed by atoms with van der Waals surface area (Å²) in [5, 5.41) is 14.1. The second-order valence-corrected chi connectivity index (χ2v) is 6.26. The molecular weight excluding hydrogens is 385 g/mol. The molecular formula is C22H15F3O4. The second kappa shape index (κ2) is 7.79. The molecule has 1 N–H and O–H groups in total. The summed E-state index contributed by atoms with van der Waals surface area (Å²) in [6.45, 7) is 0. The molecule has 0 unspecified atom stereocenters. The Morgan fingerprint density at radius 2 is 1.17 bits per heavy atom. The number of ether oxygens (including phenoxy) is 1. The van der Waals surface area contributed by atoms with Crippen molar-refractivity contribution in [2.75, 3.05) is 7.11 Å². The molecule has 29 heavy (non-hydrogen) atoms. The van der Waals surface area contributed by atoms with Crippen molar-refractivity contribution >= 4 is 44.3 Å². The molecule has 0 aliphatic carbocycles. The van der Waals surface area contributed by atoms with Crippen molar-refractivity contribution in [2.45, 2.75) is 6.18 Å². The molecule has 0 amide bonds. The van der Waals surface area contributed by atoms with Crippen LogP contribution < -0.4 is 0 Å². The van der Waals surface area contributed by atoms with E-state index in [-0.39, 0.29) is 5.97 Å². The van der Waals surface area contributed by atoms with Gasteiger partial charge >= 0.3 is 18.1 Å². The first kappa shape index (κ1) is 20.1. The fraction of sp³-hybridized carbons (Fsp3) is 0.0909. The molecule has 0 radical (unpaired) electrons. The lowest BCUT2D eigenvalue weighted by atomic mass is 9.99. The predicted octanol–water partition coefficient (Wildman–Crippen LogP) is 5.57. The minimum atomic E-state index is -5.08. The first-order valence-electron chi connectivity index (χ1n) is 8.44. The van der Waals surface area contributed by atoms with E-state index in [0.717, 1.165) is 10.8 Å². The number of fused-ring (bicyclic) bond motifs is 3. The lowest BCUT2D eigenvalue weighted by Gasteiger charge is -2.06. The van der Waals surface area contributed by atoms with Crippen LogP contribution >= 0.6 is 0 Å². The van der Waals surface area contributed by atoms with Crippen molar-refractivity contribution in [1.82, 2.24) is 0 Å². The summed E-state index contributed by atoms with van der Waals surface area (Å²) < 4.78 is 36.5. The van der Waals surface area contributed by atoms with Gasteiger partial charge in [-0.15, -0.1) is 0 Å². The van der Waals surface area contributed by atoms with Crippen LogP contribution in [0, 0.1) is 0 Å². The molecule has 0 heterocycles. The van der Waals surface area contributed by atoms with E-state index in [9.17, 15) is 18.0 Å². The minimum Gasteiger partial charge on any atom is -0.475 e. The first-order valence-corrected chi connectivity index (χ1v) is 8.44. The highest BCUT2D eigenvalue weighted by atomic mass is 19.4. The molecule has 0 fully saturated rings. The highest BCUT2D eigenvalue weighted by Gasteiger charge is 2.38. The minimum absolute atomic E-state index is 0.305. The molecule has 0 spiro atoms. The van der Waals surface area contributed by atoms with Crippen LogP contribution in [0.2, 0.25) is 0 Å². The summed E-state index contributed by atoms with van der Waals surface area (Å²) in [6, 6.07) is 22.7. The van der Waals surface area contributed by atoms with Crippen LogP contribution in [0.25, 0.3) is 32.3 Å². The average molecular weight is 400 g/mol. The SMILES string of the molecule is COC(=O)c1ccc2cc3cc4ccccc4cc3cc2c1.O=C(O)C(F)(F)F. The Balaban J connectivity index is 0.000000298. The van der Waals surface area contributed by atoms with Crippen molar-refractivity contribution in [1.29, 1.82) is 0 Å². The van der Waals surface area contributed by atoms with Crippen molar-refractivity contribution in [2.24, 2.45) is 0 Å². The number of halogens is 3. The number of hydrogen-bond donors (Lipinski definition) is 1. The number of carboxylic acid groups (broad SMARTS) is 1. The summed E-state index contributed by atoms with van der Waals surface area (Å²) in [6.07, 6.45) is -5.08. The fourth-order valence-electron chi connectivity index (χ4n) is 2.94. The van der Waals surface area contributed by atoms with Crippen molar-refractivity contribution in [3.63, 3.8) is 0 Å². The number of hydrogen-bond acceptors (Lipinski definition) is 3. The number of aliphatic carboxylic acids is 1. The summed E-state index contributed by atoms with van der Waals surface area (Å²) >= 11 is 0. The number of benzene rings is 4. The standard InChI is InChI=1S/C20H14O2.C2HF3O2/c1-22-20(21)16-7-6-15-10-18-8-13-4-2-3-5-14(13)9-19(18)12-17(15)11-16;3-2(4,5)1(6)7/h2-12H,1H3;(H,6,7). The zero-order valence-electron chi connectivity index (χ0n) is 15.2. The topological polar surface area (TPSA) is 63.6 Å². The maximum Gasteiger partial charge on any atom is 0.490 e. The van der Waals surface area contributed by atoms with E-state index >= 15 is 0 Å². The van der Waals surface area contributed by atoms with Crippen molar-refractivity contribution in [3.05, 3.63) is 72.3 Å². The Morgan fingerprint density at radius 3 is 1.62 bits per heavy atom. The van der Waals surface area contributed by atoms with Gasteiger partial charge in [-0.25, -0.2) is 9.59 Å². The molecule has 0 atom stereocenters. The monoisotopic (exact) mass is 400 g/mol. The van der Waals surface area contributed by atoms with Crippen LogP contribution in [0.3, 0.4) is 0 Å². The Hall–Kier alpha value is -3.61. The van der Waals surface area contributed by atoms with Crippen LogP contribution in [-0.2, 0) is 9.53 Å². The van der Waals surface area contributed by atoms with Crippen molar-refractivity contribution < 1.29 is 32.6 Å². The molecule has 4 nitrogen and oxygen atoms in total. The normalized spacial score (nSPS) is 11.2. The van der Waals surface area contributed by atoms with Gasteiger partial charge in [-0.05, 0) is 68.7 Å². The summed E-state index contributed by atoms with van der Waals surface area (Å²) in [5.41, 5.74) is 0.579. The van der Waals surface area contributed by atoms with E-state index in [1.54, 1.807) is 6.07 Å². The third kappa shape index (κ3) is 4.45. The lowest BCUT2D eigenvalue weighted by molar-refractivity contribution is -0.192. The van der Waals surface area contributed by atoms with Crippen LogP contribution in [0.1, 0.15) is 10.4 Å². The maximum atomic E-state index is 11.7. The molecule has 4 aromatic carbocycles. The quantitative estimate of drug-likeness (QED) is 0.335. The molecule has 0 aliphatic rings. The van der Waals surface area contributed by atoms with Crippen LogP contribution in [0.5, 0.6) is 0 Å². The Morgan fingerprint density at radius 1 is 0.759 bits per heavy atom. The highest BCUT2D eigenvalue weighted by molar-refractivity contribution is 6.06. The molecule has 148 valence electrons. The number of carbonyl (C=O) groups is 2. The number of carboxylic acids is 1. The number of carbonyl (C=O) groups excluding carboxylic acids is 1. The fourth-order valence-corrected chi connectivity index (χ4v) is 2.94. The summed E-state index contributed by atoms with van der Waals surface area (Å²) in [4.78, 5) is 20.6. The van der Waals surface area contributed by atoms with E-state index in [1.165, 1.54) is 28.7 Å². The number of esters is 1. The second-order valence-electron chi connectivity index (χ2n) is 6.26. The Bertz CT molecular complexity index is 1230. The summed E-state index contributed by atoms with van der Waals surface area (Å²) in [7, 11) is 1.40. The van der Waals surface area contributed by atoms with Crippen molar-refractivity contribution in [3.8, 4) is 0 Å². The number of methoxy groups -OCH3 is 1. The van der Waals surface area contributed by atoms with Gasteiger partial charge in [-0.1, -0.05) is 30.3 Å². The van der Waals surface area contributed by atoms with Gasteiger partial charge < -0.3 is 9.84 Å². The van der Waals surface area contributed by atoms with Gasteiger partial charge in [0.25, 0.3) is 0 Å². The maximum absolute atomic E-state index is 11.7. The highest BCUT2D eigenvalue weighted by Crippen LogP contribution is 2.28. The van der Waals surface area contributed by atoms with Gasteiger partial charge in [-0.3, -0.25) is 0 Å². The molecule has 4 rings (SSSR count). The van der Waals surface area contributed by atoms with Gasteiger partial charge in [0.05, 0.1) is 12.7 Å². The van der Waals surface area contributed by atoms with E-state index in [0.29, 0.717) is 5.56 Å². The number of alkyl halides is 3. The third-order valence-corrected chi connectivity index (χ3v) is 4.32. The molecule has 0 bridgehead atoms. The zero-order valence-corrected chi connectivity index (χ0v) is 15.2. The van der Waals surface area contributed by atoms with Gasteiger partial charge in [0.2, 0.25) is 0 Å². The molecule has 0 aromatic heterocycles. The summed E-state index contributed by atoms with van der Waals surface area (Å²) in [5.74, 6) is -3.06. The molecule has 0 aliphatic heterocycles. The smallest absolute Gasteiger partial charge is 0.475 e. The van der Waals surface area contributed by atoms with Gasteiger partial charge in [0.1, 0.15) is 0 Å². The van der Waals surface area contributed by atoms with E-state index in [4.69, 9.17) is 14.6 Å². The molecule has 0 saturated carbocycles. The van der Waals surface area contributed by atoms with Gasteiger partial charge in [0.15, 0.2) is 0 Å². The van der Waals surface area contributed by atoms with Crippen LogP contribution in [0.15, 0.2) is 66.7 Å². The van der Waals surface area contributed by atoms with E-state index in [2.05, 4.69) is 42.5 Å². The van der Waals surface area contributed by atoms with Gasteiger partial charge in [-0.2, -0.15) is 13.2 Å². The predicted molar refractivity (Wildman–Crippen MR) is 104 cm³/mol. The Kier molecular flexibility index (Phi) is 5.41. The van der Waals surface area contributed by atoms with Crippen LogP contribution in [0.4, 0.5) is 13.2 Å². The Labute approximate surface area is 163 Å². The molecule has 7 heteroatoms. The third-order valence-electron chi connectivity index (χ3n) is 4.32.